The van der Waals surface area contributed by atoms with Crippen LogP contribution in [0.1, 0.15) is 12.0 Å². The highest BCUT2D eigenvalue weighted by Crippen LogP contribution is 2.15. The molecule has 0 aromatic heterocycles. The second-order valence-corrected chi connectivity index (χ2v) is 4.72. The lowest BCUT2D eigenvalue weighted by molar-refractivity contribution is 0.860. The first-order valence-corrected chi connectivity index (χ1v) is 6.69. The molecule has 88 valence electrons. The van der Waals surface area contributed by atoms with Crippen LogP contribution in [0.4, 0.5) is 5.69 Å². The van der Waals surface area contributed by atoms with E-state index < -0.39 is 0 Å². The van der Waals surface area contributed by atoms with Gasteiger partial charge in [-0.15, -0.1) is 0 Å². The second-order valence-electron chi connectivity index (χ2n) is 3.73. The van der Waals surface area contributed by atoms with E-state index in [-0.39, 0.29) is 5.84 Å². The van der Waals surface area contributed by atoms with E-state index in [4.69, 9.17) is 11.1 Å². The van der Waals surface area contributed by atoms with Gasteiger partial charge in [-0.05, 0) is 30.6 Å². The van der Waals surface area contributed by atoms with Gasteiger partial charge in [0.25, 0.3) is 0 Å². The first-order valence-electron chi connectivity index (χ1n) is 5.29. The Morgan fingerprint density at radius 3 is 2.88 bits per heavy atom. The number of hydrogen-bond donors (Lipinski definition) is 2. The summed E-state index contributed by atoms with van der Waals surface area (Å²) in [5.41, 5.74) is 7.37. The van der Waals surface area contributed by atoms with E-state index in [1.54, 1.807) is 0 Å². The maximum Gasteiger partial charge on any atom is 0.122 e. The van der Waals surface area contributed by atoms with E-state index in [9.17, 15) is 0 Å². The SMILES string of the molecule is CSCCCN(C)c1cccc(C(=N)N)c1. The van der Waals surface area contributed by atoms with Crippen molar-refractivity contribution in [3.8, 4) is 0 Å². The number of nitrogens with one attached hydrogen (secondary N) is 1. The second kappa shape index (κ2) is 6.43. The summed E-state index contributed by atoms with van der Waals surface area (Å²) in [6.07, 6.45) is 3.29. The molecule has 0 bridgehead atoms. The molecular weight excluding hydrogens is 218 g/mol. The molecule has 0 atom stereocenters. The van der Waals surface area contributed by atoms with Gasteiger partial charge >= 0.3 is 0 Å². The molecule has 0 aliphatic carbocycles. The van der Waals surface area contributed by atoms with Gasteiger partial charge < -0.3 is 10.6 Å². The number of thioether (sulfide) groups is 1. The van der Waals surface area contributed by atoms with Crippen LogP contribution in [0, 0.1) is 5.41 Å². The third-order valence-electron chi connectivity index (χ3n) is 2.44. The van der Waals surface area contributed by atoms with Gasteiger partial charge in [-0.2, -0.15) is 11.8 Å². The van der Waals surface area contributed by atoms with Gasteiger partial charge in [0.05, 0.1) is 0 Å². The van der Waals surface area contributed by atoms with Crippen molar-refractivity contribution in [1.29, 1.82) is 5.41 Å². The third kappa shape index (κ3) is 3.77. The number of benzene rings is 1. The van der Waals surface area contributed by atoms with E-state index in [1.807, 2.05) is 36.0 Å². The van der Waals surface area contributed by atoms with Crippen LogP contribution in [-0.4, -0.2) is 31.4 Å². The Balaban J connectivity index is 2.64. The summed E-state index contributed by atoms with van der Waals surface area (Å²) in [5, 5.41) is 7.40. The van der Waals surface area contributed by atoms with Crippen LogP contribution in [0.3, 0.4) is 0 Å². The number of amidine groups is 1. The van der Waals surface area contributed by atoms with E-state index in [0.29, 0.717) is 0 Å². The van der Waals surface area contributed by atoms with Gasteiger partial charge in [0.15, 0.2) is 0 Å². The van der Waals surface area contributed by atoms with Gasteiger partial charge in [0.2, 0.25) is 0 Å². The molecule has 0 fully saturated rings. The largest absolute Gasteiger partial charge is 0.384 e. The fourth-order valence-corrected chi connectivity index (χ4v) is 1.90. The number of nitrogens with zero attached hydrogens (tertiary/aromatic N) is 1. The van der Waals surface area contributed by atoms with Crippen molar-refractivity contribution >= 4 is 23.3 Å². The molecule has 0 radical (unpaired) electrons. The van der Waals surface area contributed by atoms with Crippen molar-refractivity contribution in [2.24, 2.45) is 5.73 Å². The quantitative estimate of drug-likeness (QED) is 0.453. The van der Waals surface area contributed by atoms with Gasteiger partial charge in [-0.25, -0.2) is 0 Å². The molecule has 1 rings (SSSR count). The minimum absolute atomic E-state index is 0.124. The first kappa shape index (κ1) is 12.9. The minimum Gasteiger partial charge on any atom is -0.384 e. The number of nitrogens with two attached hydrogens (primary N) is 1. The number of rotatable bonds is 6. The molecule has 0 unspecified atom stereocenters. The van der Waals surface area contributed by atoms with Gasteiger partial charge in [0.1, 0.15) is 5.84 Å². The van der Waals surface area contributed by atoms with Crippen LogP contribution in [0.5, 0.6) is 0 Å². The predicted molar refractivity (Wildman–Crippen MR) is 73.7 cm³/mol. The monoisotopic (exact) mass is 237 g/mol. The van der Waals surface area contributed by atoms with E-state index in [1.165, 1.54) is 12.2 Å². The van der Waals surface area contributed by atoms with Gasteiger partial charge in [0, 0.05) is 24.8 Å². The summed E-state index contributed by atoms with van der Waals surface area (Å²) >= 11 is 1.87. The van der Waals surface area contributed by atoms with Gasteiger partial charge in [-0.3, -0.25) is 5.41 Å². The summed E-state index contributed by atoms with van der Waals surface area (Å²) in [6, 6.07) is 7.81. The average molecular weight is 237 g/mol. The van der Waals surface area contributed by atoms with Crippen molar-refractivity contribution in [2.45, 2.75) is 6.42 Å². The molecule has 1 aromatic rings. The molecule has 0 saturated carbocycles. The average Bonchev–Trinajstić information content (AvgIpc) is 2.29. The lowest BCUT2D eigenvalue weighted by Gasteiger charge is -2.19. The smallest absolute Gasteiger partial charge is 0.122 e. The topological polar surface area (TPSA) is 53.1 Å². The van der Waals surface area contributed by atoms with E-state index in [2.05, 4.69) is 18.2 Å². The Hall–Kier alpha value is -1.16. The summed E-state index contributed by atoms with van der Waals surface area (Å²) in [5.74, 6) is 1.30. The van der Waals surface area contributed by atoms with Crippen LogP contribution in [0.2, 0.25) is 0 Å². The zero-order valence-electron chi connectivity index (χ0n) is 9.86. The summed E-state index contributed by atoms with van der Waals surface area (Å²) in [6.45, 7) is 1.03. The number of nitrogen functional groups attached to an aromatic ring is 1. The lowest BCUT2D eigenvalue weighted by Crippen LogP contribution is -2.20. The van der Waals surface area contributed by atoms with Crippen LogP contribution < -0.4 is 10.6 Å². The van der Waals surface area contributed by atoms with Crippen LogP contribution >= 0.6 is 11.8 Å². The van der Waals surface area contributed by atoms with Crippen molar-refractivity contribution < 1.29 is 0 Å². The van der Waals surface area contributed by atoms with E-state index in [0.717, 1.165) is 17.8 Å². The molecule has 1 aromatic carbocycles. The van der Waals surface area contributed by atoms with Crippen LogP contribution in [0.15, 0.2) is 24.3 Å². The molecule has 0 saturated heterocycles. The van der Waals surface area contributed by atoms with E-state index >= 15 is 0 Å². The molecule has 0 heterocycles. The fraction of sp³-hybridized carbons (Fsp3) is 0.417. The molecule has 3 N–H and O–H groups in total. The molecule has 0 aliphatic heterocycles. The highest BCUT2D eigenvalue weighted by atomic mass is 32.2. The zero-order valence-corrected chi connectivity index (χ0v) is 10.7. The normalized spacial score (nSPS) is 10.1. The summed E-state index contributed by atoms with van der Waals surface area (Å²) < 4.78 is 0. The van der Waals surface area contributed by atoms with Crippen molar-refractivity contribution in [1.82, 2.24) is 0 Å². The maximum atomic E-state index is 7.40. The number of anilines is 1. The highest BCUT2D eigenvalue weighted by Gasteiger charge is 2.02. The molecule has 4 heteroatoms. The molecule has 0 aliphatic rings. The Labute approximate surface area is 102 Å². The molecule has 0 spiro atoms. The van der Waals surface area contributed by atoms with Crippen molar-refractivity contribution in [2.75, 3.05) is 30.5 Å². The standard InChI is InChI=1S/C12H19N3S/c1-15(7-4-8-16-2)11-6-3-5-10(9-11)12(13)14/h3,5-6,9H,4,7-8H2,1-2H3,(H3,13,14). The Morgan fingerprint density at radius 2 is 2.25 bits per heavy atom. The number of hydrogen-bond acceptors (Lipinski definition) is 3. The summed E-state index contributed by atoms with van der Waals surface area (Å²) in [7, 11) is 2.07. The molecule has 0 amide bonds. The Kier molecular flexibility index (Phi) is 5.19. The molecule has 16 heavy (non-hydrogen) atoms. The third-order valence-corrected chi connectivity index (χ3v) is 3.14. The lowest BCUT2D eigenvalue weighted by atomic mass is 10.1. The van der Waals surface area contributed by atoms with Crippen LogP contribution in [-0.2, 0) is 0 Å². The summed E-state index contributed by atoms with van der Waals surface area (Å²) in [4.78, 5) is 2.20. The highest BCUT2D eigenvalue weighted by molar-refractivity contribution is 7.98. The Bertz CT molecular complexity index is 352. The van der Waals surface area contributed by atoms with Crippen molar-refractivity contribution in [3.63, 3.8) is 0 Å². The Morgan fingerprint density at radius 1 is 1.50 bits per heavy atom. The van der Waals surface area contributed by atoms with Crippen molar-refractivity contribution in [3.05, 3.63) is 29.8 Å². The maximum absolute atomic E-state index is 7.40. The zero-order chi connectivity index (χ0) is 12.0. The molecular formula is C12H19N3S. The fourth-order valence-electron chi connectivity index (χ4n) is 1.49. The molecule has 3 nitrogen and oxygen atoms in total. The van der Waals surface area contributed by atoms with Gasteiger partial charge in [-0.1, -0.05) is 12.1 Å². The predicted octanol–water partition coefficient (Wildman–Crippen LogP) is 2.16. The first-order chi connectivity index (χ1) is 7.65. The minimum atomic E-state index is 0.124. The van der Waals surface area contributed by atoms with Crippen LogP contribution in [0.25, 0.3) is 0 Å².